The fraction of sp³-hybridized carbons (Fsp3) is 0.125. The van der Waals surface area contributed by atoms with Crippen molar-refractivity contribution < 1.29 is 0 Å². The molecule has 0 bridgehead atoms. The lowest BCUT2D eigenvalue weighted by atomic mass is 10.3. The first-order valence-corrected chi connectivity index (χ1v) is 3.11. The van der Waals surface area contributed by atoms with Gasteiger partial charge in [0.1, 0.15) is 0 Å². The third kappa shape index (κ3) is 1.35. The number of hydrogen-bond donors (Lipinski definition) is 1. The fourth-order valence-electron chi connectivity index (χ4n) is 0.734. The van der Waals surface area contributed by atoms with E-state index in [4.69, 9.17) is 0 Å². The second-order valence-electron chi connectivity index (χ2n) is 1.95. The lowest BCUT2D eigenvalue weighted by Crippen LogP contribution is -1.84. The molecule has 0 unspecified atom stereocenters. The number of aliphatic imine (C=N–C) groups is 1. The van der Waals surface area contributed by atoms with Gasteiger partial charge in [0.2, 0.25) is 0 Å². The van der Waals surface area contributed by atoms with Gasteiger partial charge in [0, 0.05) is 12.7 Å². The van der Waals surface area contributed by atoms with E-state index in [1.807, 2.05) is 31.3 Å². The van der Waals surface area contributed by atoms with Crippen molar-refractivity contribution in [3.63, 3.8) is 0 Å². The van der Waals surface area contributed by atoms with Crippen LogP contribution in [0, 0.1) is 0 Å². The van der Waals surface area contributed by atoms with Crippen LogP contribution in [0.3, 0.4) is 0 Å². The van der Waals surface area contributed by atoms with Crippen LogP contribution in [0.5, 0.6) is 0 Å². The third-order valence-electron chi connectivity index (χ3n) is 1.34. The minimum atomic E-state index is 0.902. The second kappa shape index (κ2) is 3.01. The molecule has 0 spiro atoms. The van der Waals surface area contributed by atoms with E-state index in [-0.39, 0.29) is 0 Å². The number of rotatable bonds is 2. The van der Waals surface area contributed by atoms with Gasteiger partial charge in [-0.2, -0.15) is 0 Å². The van der Waals surface area contributed by atoms with Gasteiger partial charge in [0.05, 0.1) is 5.69 Å². The van der Waals surface area contributed by atoms with Gasteiger partial charge >= 0.3 is 0 Å². The Morgan fingerprint density at radius 2 is 1.90 bits per heavy atom. The molecule has 0 heterocycles. The Bertz CT molecular complexity index is 213. The zero-order valence-corrected chi connectivity index (χ0v) is 5.96. The second-order valence-corrected chi connectivity index (χ2v) is 1.95. The maximum absolute atomic E-state index is 3.77. The van der Waals surface area contributed by atoms with Crippen molar-refractivity contribution in [3.8, 4) is 0 Å². The Hall–Kier alpha value is -1.31. The monoisotopic (exact) mass is 134 g/mol. The zero-order valence-electron chi connectivity index (χ0n) is 5.96. The molecule has 0 aliphatic rings. The number of hydrogen-bond acceptors (Lipinski definition) is 2. The Morgan fingerprint density at radius 3 is 2.30 bits per heavy atom. The van der Waals surface area contributed by atoms with Gasteiger partial charge < -0.3 is 5.32 Å². The molecule has 10 heavy (non-hydrogen) atoms. The zero-order chi connectivity index (χ0) is 7.40. The highest BCUT2D eigenvalue weighted by Gasteiger charge is 1.86. The Balaban J connectivity index is 2.90. The van der Waals surface area contributed by atoms with E-state index in [9.17, 15) is 0 Å². The first-order chi connectivity index (χ1) is 4.86. The molecule has 0 radical (unpaired) electrons. The molecule has 0 atom stereocenters. The maximum atomic E-state index is 3.77. The molecule has 0 saturated carbocycles. The molecule has 0 amide bonds. The van der Waals surface area contributed by atoms with E-state index >= 15 is 0 Å². The van der Waals surface area contributed by atoms with E-state index < -0.39 is 0 Å². The van der Waals surface area contributed by atoms with Gasteiger partial charge in [0.15, 0.2) is 0 Å². The smallest absolute Gasteiger partial charge is 0.0623 e. The van der Waals surface area contributed by atoms with Gasteiger partial charge in [-0.25, -0.2) is 0 Å². The highest BCUT2D eigenvalue weighted by Crippen LogP contribution is 2.14. The Morgan fingerprint density at radius 1 is 1.30 bits per heavy atom. The SMILES string of the molecule is C=Nc1ccc(NC)cc1. The summed E-state index contributed by atoms with van der Waals surface area (Å²) in [4.78, 5) is 3.77. The topological polar surface area (TPSA) is 24.4 Å². The molecule has 1 N–H and O–H groups in total. The molecule has 0 fully saturated rings. The minimum Gasteiger partial charge on any atom is -0.388 e. The van der Waals surface area contributed by atoms with Crippen LogP contribution in [0.1, 0.15) is 0 Å². The average molecular weight is 134 g/mol. The first kappa shape index (κ1) is 6.81. The van der Waals surface area contributed by atoms with E-state index in [0.29, 0.717) is 0 Å². The summed E-state index contributed by atoms with van der Waals surface area (Å²) in [6.07, 6.45) is 0. The highest BCUT2D eigenvalue weighted by atomic mass is 14.8. The van der Waals surface area contributed by atoms with E-state index in [0.717, 1.165) is 11.4 Å². The predicted molar refractivity (Wildman–Crippen MR) is 45.2 cm³/mol. The van der Waals surface area contributed by atoms with Crippen LogP contribution < -0.4 is 5.32 Å². The molecule has 2 heteroatoms. The number of benzene rings is 1. The average Bonchev–Trinajstić information content (AvgIpc) is 2.05. The van der Waals surface area contributed by atoms with Crippen LogP contribution in [0.15, 0.2) is 29.3 Å². The largest absolute Gasteiger partial charge is 0.388 e. The minimum absolute atomic E-state index is 0.902. The third-order valence-corrected chi connectivity index (χ3v) is 1.34. The van der Waals surface area contributed by atoms with Gasteiger partial charge in [-0.15, -0.1) is 0 Å². The van der Waals surface area contributed by atoms with Gasteiger partial charge in [-0.05, 0) is 31.0 Å². The molecule has 1 aromatic carbocycles. The molecule has 0 aromatic heterocycles. The van der Waals surface area contributed by atoms with Crippen LogP contribution in [0.4, 0.5) is 11.4 Å². The summed E-state index contributed by atoms with van der Waals surface area (Å²) in [7, 11) is 1.89. The predicted octanol–water partition coefficient (Wildman–Crippen LogP) is 2.06. The lowest BCUT2D eigenvalue weighted by Gasteiger charge is -1.97. The summed E-state index contributed by atoms with van der Waals surface area (Å²) in [5.41, 5.74) is 1.99. The van der Waals surface area contributed by atoms with Crippen molar-refractivity contribution >= 4 is 18.1 Å². The molecule has 0 saturated heterocycles. The summed E-state index contributed by atoms with van der Waals surface area (Å²) in [5.74, 6) is 0. The normalized spacial score (nSPS) is 8.90. The van der Waals surface area contributed by atoms with E-state index in [2.05, 4.69) is 17.0 Å². The summed E-state index contributed by atoms with van der Waals surface area (Å²) < 4.78 is 0. The van der Waals surface area contributed by atoms with Crippen molar-refractivity contribution in [2.24, 2.45) is 4.99 Å². The molecule has 2 nitrogen and oxygen atoms in total. The number of anilines is 1. The van der Waals surface area contributed by atoms with Gasteiger partial charge in [-0.3, -0.25) is 4.99 Å². The van der Waals surface area contributed by atoms with Crippen LogP contribution in [-0.4, -0.2) is 13.8 Å². The van der Waals surface area contributed by atoms with E-state index in [1.54, 1.807) is 0 Å². The van der Waals surface area contributed by atoms with Crippen molar-refractivity contribution in [3.05, 3.63) is 24.3 Å². The van der Waals surface area contributed by atoms with Crippen LogP contribution >= 0.6 is 0 Å². The van der Waals surface area contributed by atoms with Crippen LogP contribution in [0.2, 0.25) is 0 Å². The van der Waals surface area contributed by atoms with Crippen molar-refractivity contribution in [2.45, 2.75) is 0 Å². The number of nitrogens with zero attached hydrogens (tertiary/aromatic N) is 1. The summed E-state index contributed by atoms with van der Waals surface area (Å²) >= 11 is 0. The molecular weight excluding hydrogens is 124 g/mol. The quantitative estimate of drug-likeness (QED) is 0.615. The summed E-state index contributed by atoms with van der Waals surface area (Å²) in [6, 6.07) is 7.76. The molecule has 52 valence electrons. The van der Waals surface area contributed by atoms with Gasteiger partial charge in [-0.1, -0.05) is 0 Å². The molecule has 1 aromatic rings. The fourth-order valence-corrected chi connectivity index (χ4v) is 0.734. The summed E-state index contributed by atoms with van der Waals surface area (Å²) in [6.45, 7) is 3.42. The first-order valence-electron chi connectivity index (χ1n) is 3.11. The Kier molecular flexibility index (Phi) is 2.05. The molecule has 0 aliphatic heterocycles. The Labute approximate surface area is 60.6 Å². The molecule has 0 aliphatic carbocycles. The highest BCUT2D eigenvalue weighted by molar-refractivity contribution is 5.53. The molecular formula is C8H10N2. The van der Waals surface area contributed by atoms with Crippen molar-refractivity contribution in [1.82, 2.24) is 0 Å². The van der Waals surface area contributed by atoms with Crippen molar-refractivity contribution in [2.75, 3.05) is 12.4 Å². The van der Waals surface area contributed by atoms with Crippen LogP contribution in [-0.2, 0) is 0 Å². The van der Waals surface area contributed by atoms with Crippen molar-refractivity contribution in [1.29, 1.82) is 0 Å². The standard InChI is InChI=1S/C8H10N2/c1-9-7-3-5-8(10-2)6-4-7/h3-6,10H,1H2,2H3. The van der Waals surface area contributed by atoms with Gasteiger partial charge in [0.25, 0.3) is 0 Å². The van der Waals surface area contributed by atoms with Crippen LogP contribution in [0.25, 0.3) is 0 Å². The molecule has 1 rings (SSSR count). The summed E-state index contributed by atoms with van der Waals surface area (Å²) in [5, 5.41) is 3.02. The lowest BCUT2D eigenvalue weighted by molar-refractivity contribution is 1.48. The maximum Gasteiger partial charge on any atom is 0.0623 e. The van der Waals surface area contributed by atoms with E-state index in [1.165, 1.54) is 0 Å². The number of nitrogens with one attached hydrogen (secondary N) is 1.